The van der Waals surface area contributed by atoms with E-state index in [4.69, 9.17) is 5.26 Å². The summed E-state index contributed by atoms with van der Waals surface area (Å²) >= 11 is 0. The van der Waals surface area contributed by atoms with Gasteiger partial charge in [-0.3, -0.25) is 4.79 Å². The third kappa shape index (κ3) is 3.87. The van der Waals surface area contributed by atoms with E-state index in [2.05, 4.69) is 21.7 Å². The van der Waals surface area contributed by atoms with E-state index >= 15 is 0 Å². The Morgan fingerprint density at radius 1 is 1.04 bits per heavy atom. The molecule has 1 heterocycles. The molecule has 1 amide bonds. The molecule has 0 saturated heterocycles. The van der Waals surface area contributed by atoms with Gasteiger partial charge in [-0.05, 0) is 61.4 Å². The predicted molar refractivity (Wildman–Crippen MR) is 103 cm³/mol. The van der Waals surface area contributed by atoms with Crippen molar-refractivity contribution >= 4 is 23.1 Å². The van der Waals surface area contributed by atoms with Crippen molar-refractivity contribution in [2.75, 3.05) is 10.6 Å². The molecule has 0 aliphatic carbocycles. The number of carbonyl (C=O) groups excluding carboxylic acids is 1. The van der Waals surface area contributed by atoms with E-state index in [0.717, 1.165) is 11.1 Å². The highest BCUT2D eigenvalue weighted by atomic mass is 16.1. The molecule has 2 N–H and O–H groups in total. The fourth-order valence-corrected chi connectivity index (χ4v) is 2.46. The van der Waals surface area contributed by atoms with Crippen molar-refractivity contribution in [2.24, 2.45) is 0 Å². The van der Waals surface area contributed by atoms with Gasteiger partial charge in [0.25, 0.3) is 5.91 Å². The van der Waals surface area contributed by atoms with Crippen molar-refractivity contribution in [3.8, 4) is 6.07 Å². The van der Waals surface area contributed by atoms with E-state index < -0.39 is 0 Å². The van der Waals surface area contributed by atoms with Gasteiger partial charge in [0.15, 0.2) is 0 Å². The molecule has 0 saturated carbocycles. The van der Waals surface area contributed by atoms with Crippen LogP contribution < -0.4 is 10.6 Å². The summed E-state index contributed by atoms with van der Waals surface area (Å²) < 4.78 is 0. The van der Waals surface area contributed by atoms with Crippen LogP contribution in [0.2, 0.25) is 0 Å². The molecule has 1 aromatic heterocycles. The lowest BCUT2D eigenvalue weighted by Crippen LogP contribution is -2.12. The monoisotopic (exact) mass is 342 g/mol. The van der Waals surface area contributed by atoms with Gasteiger partial charge in [-0.25, -0.2) is 4.98 Å². The Kier molecular flexibility index (Phi) is 4.95. The lowest BCUT2D eigenvalue weighted by molar-refractivity contribution is 0.102. The maximum Gasteiger partial charge on any atom is 0.255 e. The van der Waals surface area contributed by atoms with Crippen LogP contribution in [-0.2, 0) is 0 Å². The van der Waals surface area contributed by atoms with E-state index in [1.54, 1.807) is 30.5 Å². The van der Waals surface area contributed by atoms with Gasteiger partial charge in [0.2, 0.25) is 0 Å². The highest BCUT2D eigenvalue weighted by molar-refractivity contribution is 6.04. The zero-order valence-corrected chi connectivity index (χ0v) is 14.6. The summed E-state index contributed by atoms with van der Waals surface area (Å²) in [6.45, 7) is 3.99. The van der Waals surface area contributed by atoms with Gasteiger partial charge in [0.05, 0.1) is 23.1 Å². The number of pyridine rings is 1. The Balaban J connectivity index is 1.70. The molecule has 128 valence electrons. The number of benzene rings is 2. The molecule has 26 heavy (non-hydrogen) atoms. The predicted octanol–water partition coefficient (Wildman–Crippen LogP) is 4.57. The number of anilines is 3. The molecule has 0 aliphatic rings. The number of amides is 1. The largest absolute Gasteiger partial charge is 0.339 e. The Morgan fingerprint density at radius 2 is 1.85 bits per heavy atom. The van der Waals surface area contributed by atoms with Crippen molar-refractivity contribution in [1.29, 1.82) is 5.26 Å². The van der Waals surface area contributed by atoms with E-state index in [9.17, 15) is 4.79 Å². The van der Waals surface area contributed by atoms with Crippen LogP contribution in [0.5, 0.6) is 0 Å². The van der Waals surface area contributed by atoms with Crippen molar-refractivity contribution in [3.63, 3.8) is 0 Å². The molecular formula is C21H18N4O. The molecule has 0 radical (unpaired) electrons. The van der Waals surface area contributed by atoms with Crippen LogP contribution in [0.25, 0.3) is 0 Å². The first-order chi connectivity index (χ1) is 12.6. The molecule has 0 aliphatic heterocycles. The number of aryl methyl sites for hydroxylation is 2. The summed E-state index contributed by atoms with van der Waals surface area (Å²) in [6.07, 6.45) is 1.58. The summed E-state index contributed by atoms with van der Waals surface area (Å²) in [5.74, 6) is 0.419. The van der Waals surface area contributed by atoms with Crippen molar-refractivity contribution in [3.05, 3.63) is 83.0 Å². The average molecular weight is 342 g/mol. The number of nitrogens with one attached hydrogen (secondary N) is 2. The van der Waals surface area contributed by atoms with Gasteiger partial charge >= 0.3 is 0 Å². The Bertz CT molecular complexity index is 988. The number of nitriles is 1. The highest BCUT2D eigenvalue weighted by Gasteiger charge is 2.08. The zero-order chi connectivity index (χ0) is 18.5. The highest BCUT2D eigenvalue weighted by Crippen LogP contribution is 2.20. The molecule has 0 fully saturated rings. The van der Waals surface area contributed by atoms with Gasteiger partial charge in [-0.2, -0.15) is 5.26 Å². The van der Waals surface area contributed by atoms with E-state index in [1.165, 1.54) is 0 Å². The second kappa shape index (κ2) is 7.49. The first kappa shape index (κ1) is 17.2. The van der Waals surface area contributed by atoms with Gasteiger partial charge < -0.3 is 10.6 Å². The topological polar surface area (TPSA) is 77.8 Å². The summed E-state index contributed by atoms with van der Waals surface area (Å²) in [5, 5.41) is 15.1. The lowest BCUT2D eigenvalue weighted by atomic mass is 10.1. The van der Waals surface area contributed by atoms with Gasteiger partial charge in [0, 0.05) is 5.56 Å². The molecule has 0 unspecified atom stereocenters. The van der Waals surface area contributed by atoms with E-state index in [1.807, 2.05) is 44.2 Å². The summed E-state index contributed by atoms with van der Waals surface area (Å²) in [6, 6.07) is 18.5. The molecule has 0 spiro atoms. The van der Waals surface area contributed by atoms with E-state index in [0.29, 0.717) is 28.3 Å². The minimum absolute atomic E-state index is 0.176. The van der Waals surface area contributed by atoms with Crippen molar-refractivity contribution in [1.82, 2.24) is 4.98 Å². The fraction of sp³-hybridized carbons (Fsp3) is 0.0952. The standard InChI is InChI=1S/C21H18N4O/c1-14-7-8-16(11-15(14)2)21(26)24-18-9-10-20(23-13-18)25-19-6-4-3-5-17(19)12-22/h3-11,13H,1-2H3,(H,23,25)(H,24,26). The average Bonchev–Trinajstić information content (AvgIpc) is 2.66. The van der Waals surface area contributed by atoms with Crippen LogP contribution in [0.1, 0.15) is 27.0 Å². The normalized spacial score (nSPS) is 10.0. The van der Waals surface area contributed by atoms with Crippen LogP contribution in [-0.4, -0.2) is 10.9 Å². The van der Waals surface area contributed by atoms with Gasteiger partial charge in [0.1, 0.15) is 11.9 Å². The number of hydrogen-bond acceptors (Lipinski definition) is 4. The molecule has 0 bridgehead atoms. The second-order valence-electron chi connectivity index (χ2n) is 5.97. The minimum atomic E-state index is -0.176. The number of carbonyl (C=O) groups is 1. The molecule has 0 atom stereocenters. The third-order valence-corrected chi connectivity index (χ3v) is 4.10. The molecule has 3 rings (SSSR count). The molecule has 2 aromatic carbocycles. The van der Waals surface area contributed by atoms with Gasteiger partial charge in [-0.1, -0.05) is 18.2 Å². The Labute approximate surface area is 152 Å². The summed E-state index contributed by atoms with van der Waals surface area (Å²) in [4.78, 5) is 16.6. The second-order valence-corrected chi connectivity index (χ2v) is 5.97. The number of rotatable bonds is 4. The van der Waals surface area contributed by atoms with Crippen molar-refractivity contribution < 1.29 is 4.79 Å². The summed E-state index contributed by atoms with van der Waals surface area (Å²) in [5.41, 5.74) is 4.67. The molecule has 3 aromatic rings. The summed E-state index contributed by atoms with van der Waals surface area (Å²) in [7, 11) is 0. The van der Waals surface area contributed by atoms with Crippen LogP contribution >= 0.6 is 0 Å². The van der Waals surface area contributed by atoms with Crippen LogP contribution in [0, 0.1) is 25.2 Å². The van der Waals surface area contributed by atoms with Crippen molar-refractivity contribution in [2.45, 2.75) is 13.8 Å². The first-order valence-corrected chi connectivity index (χ1v) is 8.17. The van der Waals surface area contributed by atoms with Crippen LogP contribution in [0.15, 0.2) is 60.8 Å². The number of para-hydroxylation sites is 1. The fourth-order valence-electron chi connectivity index (χ4n) is 2.46. The van der Waals surface area contributed by atoms with Gasteiger partial charge in [-0.15, -0.1) is 0 Å². The molecular weight excluding hydrogens is 324 g/mol. The molecule has 5 heteroatoms. The van der Waals surface area contributed by atoms with Crippen LogP contribution in [0.4, 0.5) is 17.2 Å². The number of aromatic nitrogens is 1. The maximum absolute atomic E-state index is 12.3. The number of hydrogen-bond donors (Lipinski definition) is 2. The molecule has 5 nitrogen and oxygen atoms in total. The Hall–Kier alpha value is -3.65. The maximum atomic E-state index is 12.3. The lowest BCUT2D eigenvalue weighted by Gasteiger charge is -2.09. The van der Waals surface area contributed by atoms with Crippen LogP contribution in [0.3, 0.4) is 0 Å². The SMILES string of the molecule is Cc1ccc(C(=O)Nc2ccc(Nc3ccccc3C#N)nc2)cc1C. The first-order valence-electron chi connectivity index (χ1n) is 8.17. The third-order valence-electron chi connectivity index (χ3n) is 4.10. The minimum Gasteiger partial charge on any atom is -0.339 e. The number of nitrogens with zero attached hydrogens (tertiary/aromatic N) is 2. The Morgan fingerprint density at radius 3 is 2.54 bits per heavy atom. The smallest absolute Gasteiger partial charge is 0.255 e. The van der Waals surface area contributed by atoms with E-state index in [-0.39, 0.29) is 5.91 Å². The zero-order valence-electron chi connectivity index (χ0n) is 14.6. The quantitative estimate of drug-likeness (QED) is 0.728.